The molecule has 1 aromatic carbocycles. The second kappa shape index (κ2) is 4.49. The highest BCUT2D eigenvalue weighted by Gasteiger charge is 2.35. The fraction of sp³-hybridized carbons (Fsp3) is 0.100. The number of imidazole rings is 1. The summed E-state index contributed by atoms with van der Waals surface area (Å²) in [6.07, 6.45) is -4.45. The largest absolute Gasteiger partial charge is 0.445 e. The number of nitrogens with one attached hydrogen (secondary N) is 1. The average molecular weight is 302 g/mol. The van der Waals surface area contributed by atoms with Crippen LogP contribution in [-0.2, 0) is 6.18 Å². The van der Waals surface area contributed by atoms with E-state index in [4.69, 9.17) is 0 Å². The number of rotatable bonds is 2. The van der Waals surface area contributed by atoms with E-state index in [1.807, 2.05) is 24.3 Å². The van der Waals surface area contributed by atoms with Gasteiger partial charge in [0.1, 0.15) is 0 Å². The van der Waals surface area contributed by atoms with E-state index in [0.29, 0.717) is 16.5 Å². The maximum Gasteiger partial charge on any atom is 0.445 e. The van der Waals surface area contributed by atoms with Crippen molar-refractivity contribution in [1.82, 2.24) is 20.2 Å². The average Bonchev–Trinajstić information content (AvgIpc) is 2.94. The Hall–Kier alpha value is -1.61. The summed E-state index contributed by atoms with van der Waals surface area (Å²) in [5.41, 5.74) is 1.58. The van der Waals surface area contributed by atoms with Crippen molar-refractivity contribution in [3.05, 3.63) is 29.3 Å². The molecule has 2 aromatic heterocycles. The van der Waals surface area contributed by atoms with Crippen LogP contribution in [0.2, 0.25) is 0 Å². The SMILES string of the molecule is FC(F)(F)c1nnc(Sc2nc3ccccc3[nH]2)s1. The van der Waals surface area contributed by atoms with Crippen LogP contribution in [0, 0.1) is 0 Å². The summed E-state index contributed by atoms with van der Waals surface area (Å²) in [6.45, 7) is 0. The molecule has 19 heavy (non-hydrogen) atoms. The van der Waals surface area contributed by atoms with Gasteiger partial charge in [0, 0.05) is 0 Å². The number of halogens is 3. The number of aromatic amines is 1. The van der Waals surface area contributed by atoms with Gasteiger partial charge in [0.05, 0.1) is 11.0 Å². The third-order valence-electron chi connectivity index (χ3n) is 2.20. The van der Waals surface area contributed by atoms with Gasteiger partial charge in [-0.1, -0.05) is 23.5 Å². The predicted molar refractivity (Wildman–Crippen MR) is 65.1 cm³/mol. The predicted octanol–water partition coefficient (Wildman–Crippen LogP) is 3.58. The van der Waals surface area contributed by atoms with Gasteiger partial charge in [0.2, 0.25) is 5.01 Å². The molecule has 0 atom stereocenters. The standard InChI is InChI=1S/C10H5F3N4S2/c11-10(12,13)7-16-17-9(18-7)19-8-14-5-3-1-2-4-6(5)15-8/h1-4H,(H,14,15). The molecule has 0 aliphatic carbocycles. The summed E-state index contributed by atoms with van der Waals surface area (Å²) in [4.78, 5) is 7.25. The number of fused-ring (bicyclic) bond motifs is 1. The molecule has 98 valence electrons. The lowest BCUT2D eigenvalue weighted by atomic mass is 10.3. The van der Waals surface area contributed by atoms with Gasteiger partial charge in [0.25, 0.3) is 0 Å². The molecule has 1 N–H and O–H groups in total. The molecule has 3 aromatic rings. The number of hydrogen-bond donors (Lipinski definition) is 1. The molecule has 0 unspecified atom stereocenters. The minimum Gasteiger partial charge on any atom is -0.333 e. The monoisotopic (exact) mass is 302 g/mol. The smallest absolute Gasteiger partial charge is 0.333 e. The Morgan fingerprint density at radius 2 is 1.95 bits per heavy atom. The maximum absolute atomic E-state index is 12.4. The van der Waals surface area contributed by atoms with Gasteiger partial charge < -0.3 is 4.98 Å². The first-order chi connectivity index (χ1) is 9.02. The first-order valence-electron chi connectivity index (χ1n) is 5.06. The van der Waals surface area contributed by atoms with Crippen molar-refractivity contribution in [2.75, 3.05) is 0 Å². The molecular weight excluding hydrogens is 297 g/mol. The third-order valence-corrected chi connectivity index (χ3v) is 4.11. The van der Waals surface area contributed by atoms with Gasteiger partial charge in [-0.2, -0.15) is 13.2 Å². The van der Waals surface area contributed by atoms with E-state index in [9.17, 15) is 13.2 Å². The van der Waals surface area contributed by atoms with Crippen molar-refractivity contribution < 1.29 is 13.2 Å². The van der Waals surface area contributed by atoms with E-state index in [-0.39, 0.29) is 4.34 Å². The summed E-state index contributed by atoms with van der Waals surface area (Å²) in [6, 6.07) is 7.34. The van der Waals surface area contributed by atoms with Gasteiger partial charge in [-0.25, -0.2) is 4.98 Å². The fourth-order valence-corrected chi connectivity index (χ4v) is 3.06. The molecule has 3 rings (SSSR count). The highest BCUT2D eigenvalue weighted by Crippen LogP contribution is 2.36. The van der Waals surface area contributed by atoms with Crippen LogP contribution in [0.5, 0.6) is 0 Å². The molecular formula is C10H5F3N4S2. The molecule has 0 spiro atoms. The molecule has 0 fully saturated rings. The quantitative estimate of drug-likeness (QED) is 0.786. The van der Waals surface area contributed by atoms with Gasteiger partial charge >= 0.3 is 6.18 Å². The lowest BCUT2D eigenvalue weighted by molar-refractivity contribution is -0.138. The highest BCUT2D eigenvalue weighted by molar-refractivity contribution is 8.00. The zero-order chi connectivity index (χ0) is 13.5. The molecule has 0 radical (unpaired) electrons. The number of para-hydroxylation sites is 2. The van der Waals surface area contributed by atoms with Gasteiger partial charge in [-0.15, -0.1) is 10.2 Å². The fourth-order valence-electron chi connectivity index (χ4n) is 1.43. The van der Waals surface area contributed by atoms with Crippen LogP contribution in [0.25, 0.3) is 11.0 Å². The minimum absolute atomic E-state index is 0.200. The van der Waals surface area contributed by atoms with Gasteiger partial charge in [0.15, 0.2) is 9.50 Å². The molecule has 0 aliphatic heterocycles. The van der Waals surface area contributed by atoms with Crippen molar-refractivity contribution in [2.45, 2.75) is 15.7 Å². The van der Waals surface area contributed by atoms with Crippen molar-refractivity contribution >= 4 is 34.1 Å². The zero-order valence-corrected chi connectivity index (χ0v) is 10.7. The number of hydrogen-bond acceptors (Lipinski definition) is 5. The van der Waals surface area contributed by atoms with Crippen LogP contribution in [0.15, 0.2) is 33.8 Å². The number of nitrogens with zero attached hydrogens (tertiary/aromatic N) is 3. The second-order valence-electron chi connectivity index (χ2n) is 3.53. The van der Waals surface area contributed by atoms with Crippen molar-refractivity contribution in [1.29, 1.82) is 0 Å². The number of aromatic nitrogens is 4. The van der Waals surface area contributed by atoms with E-state index >= 15 is 0 Å². The summed E-state index contributed by atoms with van der Waals surface area (Å²) >= 11 is 1.53. The molecule has 0 saturated heterocycles. The molecule has 0 bridgehead atoms. The Kier molecular flexibility index (Phi) is 2.94. The van der Waals surface area contributed by atoms with E-state index < -0.39 is 11.2 Å². The summed E-state index contributed by atoms with van der Waals surface area (Å²) < 4.78 is 37.3. The van der Waals surface area contributed by atoms with Crippen molar-refractivity contribution in [3.63, 3.8) is 0 Å². The van der Waals surface area contributed by atoms with Crippen molar-refractivity contribution in [2.24, 2.45) is 0 Å². The Morgan fingerprint density at radius 3 is 2.63 bits per heavy atom. The lowest BCUT2D eigenvalue weighted by Crippen LogP contribution is -2.03. The van der Waals surface area contributed by atoms with Crippen LogP contribution >= 0.6 is 23.1 Å². The summed E-state index contributed by atoms with van der Waals surface area (Å²) in [5, 5.41) is 6.16. The molecule has 0 saturated carbocycles. The normalized spacial score (nSPS) is 12.2. The first-order valence-corrected chi connectivity index (χ1v) is 6.69. The molecule has 0 amide bonds. The molecule has 4 nitrogen and oxygen atoms in total. The van der Waals surface area contributed by atoms with E-state index in [0.717, 1.165) is 22.8 Å². The van der Waals surface area contributed by atoms with Gasteiger partial charge in [-0.05, 0) is 23.9 Å². The number of benzene rings is 1. The number of alkyl halides is 3. The minimum atomic E-state index is -4.45. The molecule has 2 heterocycles. The van der Waals surface area contributed by atoms with E-state index in [1.54, 1.807) is 0 Å². The third kappa shape index (κ3) is 2.56. The first kappa shape index (κ1) is 12.4. The van der Waals surface area contributed by atoms with Crippen LogP contribution < -0.4 is 0 Å². The van der Waals surface area contributed by atoms with E-state index in [2.05, 4.69) is 20.2 Å². The highest BCUT2D eigenvalue weighted by atomic mass is 32.2. The lowest BCUT2D eigenvalue weighted by Gasteiger charge is -1.97. The maximum atomic E-state index is 12.4. The number of H-pyrrole nitrogens is 1. The van der Waals surface area contributed by atoms with Crippen LogP contribution in [-0.4, -0.2) is 20.2 Å². The summed E-state index contributed by atoms with van der Waals surface area (Å²) in [5.74, 6) is 0. The second-order valence-corrected chi connectivity index (χ2v) is 5.75. The van der Waals surface area contributed by atoms with Crippen molar-refractivity contribution in [3.8, 4) is 0 Å². The Labute approximate surface area is 113 Å². The zero-order valence-electron chi connectivity index (χ0n) is 9.10. The van der Waals surface area contributed by atoms with Crippen LogP contribution in [0.3, 0.4) is 0 Å². The molecule has 0 aliphatic rings. The van der Waals surface area contributed by atoms with Gasteiger partial charge in [-0.3, -0.25) is 0 Å². The Balaban J connectivity index is 1.86. The van der Waals surface area contributed by atoms with E-state index in [1.165, 1.54) is 0 Å². The topological polar surface area (TPSA) is 54.5 Å². The Morgan fingerprint density at radius 1 is 1.16 bits per heavy atom. The van der Waals surface area contributed by atoms with Crippen LogP contribution in [0.1, 0.15) is 5.01 Å². The molecule has 9 heteroatoms. The Bertz CT molecular complexity index is 686. The summed E-state index contributed by atoms with van der Waals surface area (Å²) in [7, 11) is 0. The van der Waals surface area contributed by atoms with Crippen LogP contribution in [0.4, 0.5) is 13.2 Å².